The fraction of sp³-hybridized carbons (Fsp3) is 0.667. The lowest BCUT2D eigenvalue weighted by Gasteiger charge is -2.09. The molecule has 1 aliphatic carbocycles. The largest absolute Gasteiger partial charge is 0.383 e. The van der Waals surface area contributed by atoms with Crippen molar-refractivity contribution in [3.8, 4) is 0 Å². The van der Waals surface area contributed by atoms with Crippen molar-refractivity contribution in [2.45, 2.75) is 18.8 Å². The molecule has 90 valence electrons. The van der Waals surface area contributed by atoms with Crippen LogP contribution < -0.4 is 5.32 Å². The number of hydrogen-bond acceptors (Lipinski definition) is 3. The van der Waals surface area contributed by atoms with Crippen molar-refractivity contribution in [3.63, 3.8) is 0 Å². The van der Waals surface area contributed by atoms with E-state index in [4.69, 9.17) is 4.74 Å². The van der Waals surface area contributed by atoms with E-state index in [0.29, 0.717) is 5.41 Å². The van der Waals surface area contributed by atoms with Crippen LogP contribution in [0.25, 0.3) is 0 Å². The molecule has 4 heteroatoms. The van der Waals surface area contributed by atoms with Gasteiger partial charge in [0.1, 0.15) is 0 Å². The lowest BCUT2D eigenvalue weighted by molar-refractivity contribution is 0.199. The van der Waals surface area contributed by atoms with Crippen LogP contribution in [0.3, 0.4) is 0 Å². The Morgan fingerprint density at radius 1 is 1.62 bits per heavy atom. The molecule has 1 aromatic heterocycles. The first-order valence-electron chi connectivity index (χ1n) is 5.62. The summed E-state index contributed by atoms with van der Waals surface area (Å²) in [7, 11) is 1.74. The molecule has 0 radical (unpaired) electrons. The van der Waals surface area contributed by atoms with Crippen molar-refractivity contribution in [2.75, 3.05) is 26.8 Å². The molecule has 2 unspecified atom stereocenters. The summed E-state index contributed by atoms with van der Waals surface area (Å²) in [5.74, 6) is 0.787. The highest BCUT2D eigenvalue weighted by Crippen LogP contribution is 2.55. The average molecular weight is 304 g/mol. The van der Waals surface area contributed by atoms with Crippen LogP contribution in [0.15, 0.2) is 15.9 Å². The van der Waals surface area contributed by atoms with E-state index in [2.05, 4.69) is 40.3 Å². The second-order valence-electron chi connectivity index (χ2n) is 4.62. The number of nitrogens with one attached hydrogen (secondary N) is 1. The first kappa shape index (κ1) is 12.6. The van der Waals surface area contributed by atoms with Crippen LogP contribution in [-0.2, 0) is 10.2 Å². The maximum absolute atomic E-state index is 5.02. The van der Waals surface area contributed by atoms with Crippen LogP contribution in [0.2, 0.25) is 0 Å². The molecule has 2 atom stereocenters. The molecule has 0 saturated heterocycles. The summed E-state index contributed by atoms with van der Waals surface area (Å²) in [6.07, 6.45) is 1.31. The average Bonchev–Trinajstić information content (AvgIpc) is 2.71. The Hall–Kier alpha value is 0.1000. The zero-order valence-electron chi connectivity index (χ0n) is 9.75. The van der Waals surface area contributed by atoms with Crippen LogP contribution in [-0.4, -0.2) is 26.8 Å². The van der Waals surface area contributed by atoms with E-state index in [-0.39, 0.29) is 0 Å². The third-order valence-electron chi connectivity index (χ3n) is 3.42. The fourth-order valence-corrected chi connectivity index (χ4v) is 3.74. The zero-order chi connectivity index (χ0) is 11.6. The third kappa shape index (κ3) is 2.67. The van der Waals surface area contributed by atoms with E-state index in [9.17, 15) is 0 Å². The number of rotatable bonds is 6. The normalized spacial score (nSPS) is 28.3. The first-order valence-corrected chi connectivity index (χ1v) is 7.23. The van der Waals surface area contributed by atoms with Crippen molar-refractivity contribution in [3.05, 3.63) is 20.8 Å². The molecule has 1 saturated carbocycles. The highest BCUT2D eigenvalue weighted by Gasteiger charge is 2.51. The van der Waals surface area contributed by atoms with Gasteiger partial charge in [-0.05, 0) is 46.9 Å². The van der Waals surface area contributed by atoms with Gasteiger partial charge in [-0.15, -0.1) is 11.3 Å². The Labute approximate surface area is 110 Å². The van der Waals surface area contributed by atoms with Gasteiger partial charge >= 0.3 is 0 Å². The number of halogens is 1. The van der Waals surface area contributed by atoms with Crippen molar-refractivity contribution in [1.82, 2.24) is 5.32 Å². The SMILES string of the molecule is COCCNCC1CC1(C)c1ccc(Br)s1. The maximum atomic E-state index is 5.02. The van der Waals surface area contributed by atoms with Gasteiger partial charge in [0.25, 0.3) is 0 Å². The van der Waals surface area contributed by atoms with Gasteiger partial charge in [0.15, 0.2) is 0 Å². The predicted octanol–water partition coefficient (Wildman–Crippen LogP) is 3.02. The molecule has 1 N–H and O–H groups in total. The van der Waals surface area contributed by atoms with Crippen LogP contribution >= 0.6 is 27.3 Å². The molecule has 1 aromatic rings. The summed E-state index contributed by atoms with van der Waals surface area (Å²) in [6.45, 7) is 5.23. The molecule has 0 aromatic carbocycles. The quantitative estimate of drug-likeness (QED) is 0.816. The van der Waals surface area contributed by atoms with Crippen molar-refractivity contribution in [1.29, 1.82) is 0 Å². The number of thiophene rings is 1. The molecule has 2 nitrogen and oxygen atoms in total. The second kappa shape index (κ2) is 5.17. The summed E-state index contributed by atoms with van der Waals surface area (Å²) < 4.78 is 6.26. The van der Waals surface area contributed by atoms with Gasteiger partial charge in [-0.2, -0.15) is 0 Å². The summed E-state index contributed by atoms with van der Waals surface area (Å²) in [5.41, 5.74) is 0.413. The van der Waals surface area contributed by atoms with Gasteiger partial charge in [-0.25, -0.2) is 0 Å². The number of ether oxygens (including phenoxy) is 1. The predicted molar refractivity (Wildman–Crippen MR) is 72.2 cm³/mol. The van der Waals surface area contributed by atoms with Gasteiger partial charge in [-0.1, -0.05) is 6.92 Å². The van der Waals surface area contributed by atoms with E-state index in [0.717, 1.165) is 25.6 Å². The Kier molecular flexibility index (Phi) is 4.06. The Morgan fingerprint density at radius 3 is 3.06 bits per heavy atom. The van der Waals surface area contributed by atoms with E-state index in [1.807, 2.05) is 11.3 Å². The highest BCUT2D eigenvalue weighted by atomic mass is 79.9. The Bertz CT molecular complexity index is 355. The van der Waals surface area contributed by atoms with Gasteiger partial charge < -0.3 is 10.1 Å². The standard InChI is InChI=1S/C12H18BrNOS/c1-12(10-3-4-11(13)16-10)7-9(12)8-14-5-6-15-2/h3-4,9,14H,5-8H2,1-2H3. The van der Waals surface area contributed by atoms with E-state index < -0.39 is 0 Å². The van der Waals surface area contributed by atoms with Gasteiger partial charge in [-0.3, -0.25) is 0 Å². The smallest absolute Gasteiger partial charge is 0.0701 e. The topological polar surface area (TPSA) is 21.3 Å². The zero-order valence-corrected chi connectivity index (χ0v) is 12.2. The molecule has 1 fully saturated rings. The Balaban J connectivity index is 1.80. The number of hydrogen-bond donors (Lipinski definition) is 1. The molecule has 2 rings (SSSR count). The van der Waals surface area contributed by atoms with Crippen LogP contribution in [0, 0.1) is 5.92 Å². The summed E-state index contributed by atoms with van der Waals surface area (Å²) in [4.78, 5) is 1.51. The van der Waals surface area contributed by atoms with Crippen LogP contribution in [0.5, 0.6) is 0 Å². The molecule has 0 bridgehead atoms. The minimum absolute atomic E-state index is 0.413. The highest BCUT2D eigenvalue weighted by molar-refractivity contribution is 9.11. The molecule has 0 aliphatic heterocycles. The van der Waals surface area contributed by atoms with Crippen molar-refractivity contribution >= 4 is 27.3 Å². The van der Waals surface area contributed by atoms with Gasteiger partial charge in [0.2, 0.25) is 0 Å². The van der Waals surface area contributed by atoms with Gasteiger partial charge in [0, 0.05) is 23.9 Å². The van der Waals surface area contributed by atoms with Crippen molar-refractivity contribution in [2.24, 2.45) is 5.92 Å². The van der Waals surface area contributed by atoms with Crippen LogP contribution in [0.4, 0.5) is 0 Å². The maximum Gasteiger partial charge on any atom is 0.0701 e. The molecule has 1 aliphatic rings. The Morgan fingerprint density at radius 2 is 2.44 bits per heavy atom. The summed E-state index contributed by atoms with van der Waals surface area (Å²) in [5, 5.41) is 3.45. The monoisotopic (exact) mass is 303 g/mol. The minimum atomic E-state index is 0.413. The summed E-state index contributed by atoms with van der Waals surface area (Å²) >= 11 is 5.40. The molecular formula is C12H18BrNOS. The molecule has 16 heavy (non-hydrogen) atoms. The minimum Gasteiger partial charge on any atom is -0.383 e. The van der Waals surface area contributed by atoms with Gasteiger partial charge in [0.05, 0.1) is 10.4 Å². The molecular weight excluding hydrogens is 286 g/mol. The second-order valence-corrected chi connectivity index (χ2v) is 7.08. The lowest BCUT2D eigenvalue weighted by Crippen LogP contribution is -2.23. The molecule has 0 amide bonds. The fourth-order valence-electron chi connectivity index (χ4n) is 2.12. The van der Waals surface area contributed by atoms with E-state index in [1.54, 1.807) is 7.11 Å². The molecule has 1 heterocycles. The first-order chi connectivity index (χ1) is 7.66. The van der Waals surface area contributed by atoms with E-state index >= 15 is 0 Å². The van der Waals surface area contributed by atoms with E-state index in [1.165, 1.54) is 15.1 Å². The number of methoxy groups -OCH3 is 1. The van der Waals surface area contributed by atoms with Crippen molar-refractivity contribution < 1.29 is 4.74 Å². The summed E-state index contributed by atoms with van der Waals surface area (Å²) in [6, 6.07) is 4.41. The lowest BCUT2D eigenvalue weighted by atomic mass is 10.0. The van der Waals surface area contributed by atoms with Crippen LogP contribution in [0.1, 0.15) is 18.2 Å². The third-order valence-corrected chi connectivity index (χ3v) is 5.32. The molecule has 0 spiro atoms.